The molecule has 4 N–H and O–H groups in total. The molecular formula is C25H32F4N2O4S. The third-order valence-electron chi connectivity index (χ3n) is 6.67. The van der Waals surface area contributed by atoms with Crippen molar-refractivity contribution in [3.8, 4) is 5.75 Å². The third-order valence-corrected chi connectivity index (χ3v) is 8.47. The van der Waals surface area contributed by atoms with E-state index in [1.165, 1.54) is 30.3 Å². The number of nitrogens with one attached hydrogen (secondary N) is 1. The molecule has 0 unspecified atom stereocenters. The van der Waals surface area contributed by atoms with E-state index < -0.39 is 45.3 Å². The van der Waals surface area contributed by atoms with E-state index in [2.05, 4.69) is 5.32 Å². The molecule has 6 nitrogen and oxygen atoms in total. The normalized spacial score (nSPS) is 22.4. The number of rotatable bonds is 8. The Bertz CT molecular complexity index is 1190. The van der Waals surface area contributed by atoms with E-state index >= 15 is 0 Å². The molecule has 200 valence electrons. The molecule has 2 aromatic carbocycles. The summed E-state index contributed by atoms with van der Waals surface area (Å²) < 4.78 is 85.2. The molecule has 3 rings (SSSR count). The molecule has 11 heteroatoms. The summed E-state index contributed by atoms with van der Waals surface area (Å²) in [6.45, 7) is 4.24. The molecule has 1 aliphatic rings. The van der Waals surface area contributed by atoms with Gasteiger partial charge >= 0.3 is 6.18 Å². The maximum atomic E-state index is 14.3. The van der Waals surface area contributed by atoms with Crippen LogP contribution in [0.4, 0.5) is 23.2 Å². The van der Waals surface area contributed by atoms with E-state index in [9.17, 15) is 31.1 Å². The van der Waals surface area contributed by atoms with Crippen LogP contribution >= 0.6 is 0 Å². The predicted octanol–water partition coefficient (Wildman–Crippen LogP) is 3.75. The van der Waals surface area contributed by atoms with Crippen LogP contribution in [0.2, 0.25) is 0 Å². The van der Waals surface area contributed by atoms with Gasteiger partial charge < -0.3 is 20.9 Å². The van der Waals surface area contributed by atoms with Gasteiger partial charge in [0.1, 0.15) is 17.3 Å². The van der Waals surface area contributed by atoms with Crippen LogP contribution in [0.5, 0.6) is 5.75 Å². The van der Waals surface area contributed by atoms with Gasteiger partial charge in [0.25, 0.3) is 0 Å². The Labute approximate surface area is 208 Å². The molecule has 2 aromatic rings. The van der Waals surface area contributed by atoms with Crippen molar-refractivity contribution in [3.05, 3.63) is 58.9 Å². The van der Waals surface area contributed by atoms with Crippen molar-refractivity contribution in [1.29, 1.82) is 0 Å². The van der Waals surface area contributed by atoms with Crippen LogP contribution in [0.1, 0.15) is 37.5 Å². The third kappa shape index (κ3) is 6.30. The second kappa shape index (κ2) is 10.5. The van der Waals surface area contributed by atoms with Gasteiger partial charge in [0.05, 0.1) is 29.6 Å². The number of aliphatic hydroxyl groups excluding tert-OH is 1. The molecule has 1 saturated heterocycles. The van der Waals surface area contributed by atoms with E-state index in [1.54, 1.807) is 13.0 Å². The second-order valence-electron chi connectivity index (χ2n) is 9.76. The van der Waals surface area contributed by atoms with E-state index in [0.717, 1.165) is 13.8 Å². The highest BCUT2D eigenvalue weighted by molar-refractivity contribution is 7.91. The molecule has 36 heavy (non-hydrogen) atoms. The Balaban J connectivity index is 1.77. The number of anilines is 1. The van der Waals surface area contributed by atoms with Crippen LogP contribution in [0.3, 0.4) is 0 Å². The molecule has 0 amide bonds. The number of aliphatic hydroxyl groups is 1. The summed E-state index contributed by atoms with van der Waals surface area (Å²) in [5.74, 6) is -1.87. The average molecular weight is 533 g/mol. The first-order valence-electron chi connectivity index (χ1n) is 11.6. The van der Waals surface area contributed by atoms with Gasteiger partial charge in [-0.2, -0.15) is 13.2 Å². The maximum absolute atomic E-state index is 14.3. The molecular weight excluding hydrogens is 500 g/mol. The number of nitrogens with two attached hydrogens (primary N) is 1. The minimum absolute atomic E-state index is 0.0662. The number of sulfone groups is 1. The van der Waals surface area contributed by atoms with Gasteiger partial charge in [0.15, 0.2) is 9.84 Å². The predicted molar refractivity (Wildman–Crippen MR) is 130 cm³/mol. The van der Waals surface area contributed by atoms with Gasteiger partial charge in [-0.1, -0.05) is 24.3 Å². The Morgan fingerprint density at radius 1 is 1.14 bits per heavy atom. The first kappa shape index (κ1) is 28.2. The summed E-state index contributed by atoms with van der Waals surface area (Å²) in [7, 11) is -3.55. The Hall–Kier alpha value is -2.37. The molecule has 1 aliphatic heterocycles. The molecule has 1 heterocycles. The van der Waals surface area contributed by atoms with Gasteiger partial charge in [-0.05, 0) is 56.0 Å². The highest BCUT2D eigenvalue weighted by Gasteiger charge is 2.48. The van der Waals surface area contributed by atoms with Crippen LogP contribution in [-0.4, -0.2) is 50.0 Å². The average Bonchev–Trinajstić information content (AvgIpc) is 2.77. The minimum atomic E-state index is -4.44. The lowest BCUT2D eigenvalue weighted by atomic mass is 9.83. The first-order chi connectivity index (χ1) is 16.6. The Morgan fingerprint density at radius 2 is 1.83 bits per heavy atom. The molecule has 0 radical (unpaired) electrons. The van der Waals surface area contributed by atoms with E-state index in [-0.39, 0.29) is 48.1 Å². The smallest absolute Gasteiger partial charge is 0.397 e. The Kier molecular flexibility index (Phi) is 8.26. The second-order valence-corrected chi connectivity index (χ2v) is 11.9. The molecule has 0 bridgehead atoms. The van der Waals surface area contributed by atoms with Crippen molar-refractivity contribution in [2.24, 2.45) is 5.92 Å². The zero-order valence-electron chi connectivity index (χ0n) is 20.4. The summed E-state index contributed by atoms with van der Waals surface area (Å²) in [6, 6.07) is 7.86. The molecule has 1 fully saturated rings. The number of nitrogen functional groups attached to an aromatic ring is 1. The van der Waals surface area contributed by atoms with Crippen molar-refractivity contribution in [2.45, 2.75) is 57.5 Å². The van der Waals surface area contributed by atoms with Crippen molar-refractivity contribution < 1.29 is 35.8 Å². The number of halogens is 4. The largest absolute Gasteiger partial charge is 0.492 e. The number of hydrogen-bond acceptors (Lipinski definition) is 6. The topological polar surface area (TPSA) is 102 Å². The summed E-state index contributed by atoms with van der Waals surface area (Å²) in [5.41, 5.74) is 4.54. The first-order valence-corrected chi connectivity index (χ1v) is 13.5. The molecule has 0 saturated carbocycles. The van der Waals surface area contributed by atoms with Crippen molar-refractivity contribution in [1.82, 2.24) is 5.32 Å². The summed E-state index contributed by atoms with van der Waals surface area (Å²) in [5, 5.41) is 14.0. The van der Waals surface area contributed by atoms with Crippen LogP contribution in [0, 0.1) is 11.7 Å². The molecule has 3 atom stereocenters. The van der Waals surface area contributed by atoms with Crippen molar-refractivity contribution >= 4 is 15.5 Å². The zero-order valence-corrected chi connectivity index (χ0v) is 21.2. The fraction of sp³-hybridized carbons (Fsp3) is 0.520. The highest BCUT2D eigenvalue weighted by atomic mass is 32.2. The number of ether oxygens (including phenoxy) is 1. The van der Waals surface area contributed by atoms with Crippen LogP contribution in [0.15, 0.2) is 36.4 Å². The van der Waals surface area contributed by atoms with Crippen LogP contribution in [0.25, 0.3) is 0 Å². The lowest BCUT2D eigenvalue weighted by Gasteiger charge is -2.35. The lowest BCUT2D eigenvalue weighted by molar-refractivity contribution is -0.180. The fourth-order valence-electron chi connectivity index (χ4n) is 4.38. The van der Waals surface area contributed by atoms with Crippen LogP contribution in [-0.2, 0) is 28.2 Å². The monoisotopic (exact) mass is 532 g/mol. The Morgan fingerprint density at radius 3 is 2.47 bits per heavy atom. The SMILES string of the molecule is CCOc1cc(C[C@@H]2CS(=O)(=O)C[C@H](NCc3cccc(C(C)(C)C(F)(F)F)c3)[C@H]2O)cc(F)c1N. The maximum Gasteiger partial charge on any atom is 0.397 e. The van der Waals surface area contributed by atoms with Gasteiger partial charge in [-0.3, -0.25) is 0 Å². The summed E-state index contributed by atoms with van der Waals surface area (Å²) in [6.07, 6.45) is -5.45. The molecule has 0 aromatic heterocycles. The number of benzene rings is 2. The molecule has 0 spiro atoms. The fourth-order valence-corrected chi connectivity index (χ4v) is 6.34. The van der Waals surface area contributed by atoms with E-state index in [0.29, 0.717) is 11.1 Å². The summed E-state index contributed by atoms with van der Waals surface area (Å²) in [4.78, 5) is 0. The van der Waals surface area contributed by atoms with Crippen molar-refractivity contribution in [3.63, 3.8) is 0 Å². The molecule has 0 aliphatic carbocycles. The number of alkyl halides is 3. The zero-order chi connectivity index (χ0) is 26.9. The lowest BCUT2D eigenvalue weighted by Crippen LogP contribution is -2.54. The van der Waals surface area contributed by atoms with Crippen LogP contribution < -0.4 is 15.8 Å². The standard InChI is InChI=1S/C25H32F4N2O4S/c1-4-35-21-11-16(10-19(26)22(21)30)8-17-13-36(33,34)14-20(23(17)32)31-12-15-6-5-7-18(9-15)24(2,3)25(27,28)29/h5-7,9-11,17,20,23,31-32H,4,8,12-14,30H2,1-3H3/t17-,20+,23+/m1/s1. The quantitative estimate of drug-likeness (QED) is 0.354. The van der Waals surface area contributed by atoms with E-state index in [1.807, 2.05) is 0 Å². The van der Waals surface area contributed by atoms with Crippen molar-refractivity contribution in [2.75, 3.05) is 23.8 Å². The minimum Gasteiger partial charge on any atom is -0.492 e. The van der Waals surface area contributed by atoms with Gasteiger partial charge in [0.2, 0.25) is 0 Å². The van der Waals surface area contributed by atoms with E-state index in [4.69, 9.17) is 10.5 Å². The summed E-state index contributed by atoms with van der Waals surface area (Å²) >= 11 is 0. The van der Waals surface area contributed by atoms with Gasteiger partial charge in [-0.15, -0.1) is 0 Å². The van der Waals surface area contributed by atoms with Gasteiger partial charge in [-0.25, -0.2) is 12.8 Å². The highest BCUT2D eigenvalue weighted by Crippen LogP contribution is 2.40. The number of hydrogen-bond donors (Lipinski definition) is 3. The van der Waals surface area contributed by atoms with Gasteiger partial charge in [0, 0.05) is 18.5 Å².